The van der Waals surface area contributed by atoms with Gasteiger partial charge in [-0.1, -0.05) is 267 Å². The zero-order valence-electron chi connectivity index (χ0n) is 52.7. The molecule has 21 aromatic rings. The molecule has 456 valence electrons. The van der Waals surface area contributed by atoms with Gasteiger partial charge in [0.25, 0.3) is 0 Å². The second-order valence-electron chi connectivity index (χ2n) is 25.2. The summed E-state index contributed by atoms with van der Waals surface area (Å²) in [4.78, 5) is 20.9. The van der Waals surface area contributed by atoms with Crippen LogP contribution in [0.25, 0.3) is 199 Å². The van der Waals surface area contributed by atoms with Crippen molar-refractivity contribution < 1.29 is 8.83 Å². The van der Waals surface area contributed by atoms with E-state index in [4.69, 9.17) is 28.8 Å². The van der Waals surface area contributed by atoms with Crippen molar-refractivity contribution in [2.24, 2.45) is 0 Å². The van der Waals surface area contributed by atoms with E-state index in [2.05, 4.69) is 306 Å². The highest BCUT2D eigenvalue weighted by atomic mass is 16.3. The van der Waals surface area contributed by atoms with Crippen LogP contribution in [0.3, 0.4) is 0 Å². The first-order valence-electron chi connectivity index (χ1n) is 33.1. The molecule has 0 saturated carbocycles. The van der Waals surface area contributed by atoms with Gasteiger partial charge in [-0.25, -0.2) is 19.9 Å². The molecular weight excluding hydrogens is 1200 g/mol. The van der Waals surface area contributed by atoms with Crippen LogP contribution in [-0.2, 0) is 0 Å². The van der Waals surface area contributed by atoms with Crippen molar-refractivity contribution >= 4 is 131 Å². The number of nitrogens with zero attached hydrogens (tertiary/aromatic N) is 6. The normalized spacial score (nSPS) is 11.9. The number of rotatable bonds is 7. The molecule has 0 aliphatic carbocycles. The van der Waals surface area contributed by atoms with Gasteiger partial charge >= 0.3 is 0 Å². The molecule has 0 saturated heterocycles. The van der Waals surface area contributed by atoms with Gasteiger partial charge in [-0.3, -0.25) is 9.13 Å². The van der Waals surface area contributed by atoms with Gasteiger partial charge in [0.2, 0.25) is 11.9 Å². The van der Waals surface area contributed by atoms with Crippen LogP contribution in [0.4, 0.5) is 0 Å². The molecule has 15 aromatic carbocycles. The second kappa shape index (κ2) is 22.2. The average molecular weight is 1250 g/mol. The topological polar surface area (TPSA) is 87.7 Å². The molecular formula is C90H54N6O2. The van der Waals surface area contributed by atoms with Gasteiger partial charge in [-0.15, -0.1) is 0 Å². The molecule has 8 heteroatoms. The maximum Gasteiger partial charge on any atom is 0.235 e. The number of furan rings is 2. The number of hydrogen-bond donors (Lipinski definition) is 0. The van der Waals surface area contributed by atoms with Gasteiger partial charge < -0.3 is 8.83 Å². The van der Waals surface area contributed by atoms with Gasteiger partial charge in [-0.2, -0.15) is 0 Å². The predicted octanol–water partition coefficient (Wildman–Crippen LogP) is 23.9. The SMILES string of the molecule is c1ccc(-c2ccc(-c3nc(-n4c5ccccc5c5cc6c(cc54)oc4c5ccccc5c(-c5ccccc5)cc64)nc4ccccc34)cc2)cc1.c1ccc(-c2nc(-n3c4ccccc4c4cc5c(cc43)oc3c4ccccc4c(-c4ccccc4)cc53)nc3ccccc23)cc1. The zero-order chi connectivity index (χ0) is 64.4. The van der Waals surface area contributed by atoms with Gasteiger partial charge in [0.05, 0.1) is 44.5 Å². The first-order valence-corrected chi connectivity index (χ1v) is 33.1. The van der Waals surface area contributed by atoms with E-state index >= 15 is 0 Å². The van der Waals surface area contributed by atoms with Gasteiger partial charge in [0, 0.05) is 87.9 Å². The fourth-order valence-corrected chi connectivity index (χ4v) is 15.1. The molecule has 0 spiro atoms. The van der Waals surface area contributed by atoms with Crippen LogP contribution in [0, 0.1) is 0 Å². The molecule has 8 nitrogen and oxygen atoms in total. The van der Waals surface area contributed by atoms with E-state index in [1.165, 1.54) is 44.2 Å². The quantitative estimate of drug-likeness (QED) is 0.158. The highest BCUT2D eigenvalue weighted by Crippen LogP contribution is 2.46. The van der Waals surface area contributed by atoms with Crippen LogP contribution in [0.5, 0.6) is 0 Å². The largest absolute Gasteiger partial charge is 0.455 e. The molecule has 0 radical (unpaired) electrons. The minimum absolute atomic E-state index is 0.624. The summed E-state index contributed by atoms with van der Waals surface area (Å²) in [7, 11) is 0. The second-order valence-corrected chi connectivity index (χ2v) is 25.2. The summed E-state index contributed by atoms with van der Waals surface area (Å²) in [5.74, 6) is 1.26. The van der Waals surface area contributed by atoms with Crippen molar-refractivity contribution in [2.75, 3.05) is 0 Å². The van der Waals surface area contributed by atoms with Crippen LogP contribution in [-0.4, -0.2) is 29.1 Å². The predicted molar refractivity (Wildman–Crippen MR) is 405 cm³/mol. The van der Waals surface area contributed by atoms with Crippen molar-refractivity contribution in [1.82, 2.24) is 29.1 Å². The fraction of sp³-hybridized carbons (Fsp3) is 0. The van der Waals surface area contributed by atoms with Crippen molar-refractivity contribution in [1.29, 1.82) is 0 Å². The monoisotopic (exact) mass is 1250 g/mol. The summed E-state index contributed by atoms with van der Waals surface area (Å²) < 4.78 is 17.9. The third-order valence-corrected chi connectivity index (χ3v) is 19.6. The molecule has 0 aliphatic rings. The number of para-hydroxylation sites is 4. The van der Waals surface area contributed by atoms with E-state index in [1.807, 2.05) is 30.3 Å². The summed E-state index contributed by atoms with van der Waals surface area (Å²) in [6.07, 6.45) is 0. The maximum absolute atomic E-state index is 6.81. The third-order valence-electron chi connectivity index (χ3n) is 19.6. The van der Waals surface area contributed by atoms with Crippen molar-refractivity contribution in [3.05, 3.63) is 328 Å². The Morgan fingerprint density at radius 1 is 0.204 bits per heavy atom. The standard InChI is InChI=1S/C48H29N3O.C42H25N3O/c1-3-13-30(14-4-1)31-23-25-33(26-24-31)46-37-20-9-11-21-42(37)49-48(50-46)51-43-22-12-10-18-35(43)39-28-40-41-27-38(32-15-5-2-6-16-32)34-17-7-8-19-36(34)47(41)52-45(40)29-44(39)51;1-3-13-26(14-4-1)32-23-35-34-24-33-29-18-10-12-22-37(29)45(38(33)25-39(34)46-41(35)30-19-8-7-17-28(30)32)42-43-36-21-11-9-20-31(36)40(44-42)27-15-5-2-6-16-27/h1-29H;1-25H. The fourth-order valence-electron chi connectivity index (χ4n) is 15.1. The Morgan fingerprint density at radius 3 is 0.969 bits per heavy atom. The maximum atomic E-state index is 6.81. The lowest BCUT2D eigenvalue weighted by atomic mass is 9.95. The lowest BCUT2D eigenvalue weighted by Gasteiger charge is -2.12. The molecule has 0 aliphatic heterocycles. The molecule has 0 atom stereocenters. The van der Waals surface area contributed by atoms with E-state index in [9.17, 15) is 0 Å². The lowest BCUT2D eigenvalue weighted by molar-refractivity contribution is 0.672. The highest BCUT2D eigenvalue weighted by molar-refractivity contribution is 6.25. The zero-order valence-corrected chi connectivity index (χ0v) is 52.7. The molecule has 98 heavy (non-hydrogen) atoms. The Bertz CT molecular complexity index is 6770. The van der Waals surface area contributed by atoms with Crippen LogP contribution < -0.4 is 0 Å². The Labute approximate surface area is 560 Å². The van der Waals surface area contributed by atoms with Crippen molar-refractivity contribution in [2.45, 2.75) is 0 Å². The Kier molecular flexibility index (Phi) is 12.5. The number of fused-ring (bicyclic) bond motifs is 18. The van der Waals surface area contributed by atoms with Gasteiger partial charge in [-0.05, 0) is 92.7 Å². The number of hydrogen-bond acceptors (Lipinski definition) is 6. The average Bonchev–Trinajstić information content (AvgIpc) is 1.56. The van der Waals surface area contributed by atoms with Crippen molar-refractivity contribution in [3.63, 3.8) is 0 Å². The Hall–Kier alpha value is -13.3. The van der Waals surface area contributed by atoms with E-state index in [0.717, 1.165) is 143 Å². The first-order chi connectivity index (χ1) is 48.6. The summed E-state index contributed by atoms with van der Waals surface area (Å²) >= 11 is 0. The molecule has 6 heterocycles. The summed E-state index contributed by atoms with van der Waals surface area (Å²) in [5.41, 5.74) is 20.4. The van der Waals surface area contributed by atoms with Gasteiger partial charge in [0.15, 0.2) is 0 Å². The molecule has 0 amide bonds. The van der Waals surface area contributed by atoms with Gasteiger partial charge in [0.1, 0.15) is 22.3 Å². The number of aromatic nitrogens is 6. The van der Waals surface area contributed by atoms with Crippen LogP contribution in [0.2, 0.25) is 0 Å². The minimum Gasteiger partial charge on any atom is -0.455 e. The summed E-state index contributed by atoms with van der Waals surface area (Å²) in [6, 6.07) is 115. The Balaban J connectivity index is 0.000000134. The van der Waals surface area contributed by atoms with E-state index in [0.29, 0.717) is 11.9 Å². The lowest BCUT2D eigenvalue weighted by Crippen LogP contribution is -2.03. The highest BCUT2D eigenvalue weighted by Gasteiger charge is 2.24. The smallest absolute Gasteiger partial charge is 0.235 e. The van der Waals surface area contributed by atoms with Crippen LogP contribution >= 0.6 is 0 Å². The van der Waals surface area contributed by atoms with Crippen molar-refractivity contribution in [3.8, 4) is 67.8 Å². The minimum atomic E-state index is 0.624. The molecule has 0 N–H and O–H groups in total. The molecule has 0 unspecified atom stereocenters. The molecule has 0 bridgehead atoms. The number of benzene rings is 15. The Morgan fingerprint density at radius 2 is 0.531 bits per heavy atom. The van der Waals surface area contributed by atoms with Crippen LogP contribution in [0.15, 0.2) is 336 Å². The van der Waals surface area contributed by atoms with E-state index in [-0.39, 0.29) is 0 Å². The first kappa shape index (κ1) is 55.2. The van der Waals surface area contributed by atoms with Crippen LogP contribution in [0.1, 0.15) is 0 Å². The third kappa shape index (κ3) is 8.78. The van der Waals surface area contributed by atoms with E-state index in [1.54, 1.807) is 0 Å². The molecule has 21 rings (SSSR count). The summed E-state index contributed by atoms with van der Waals surface area (Å²) in [5, 5.41) is 15.6. The summed E-state index contributed by atoms with van der Waals surface area (Å²) in [6.45, 7) is 0. The van der Waals surface area contributed by atoms with E-state index < -0.39 is 0 Å². The molecule has 0 fully saturated rings. The molecule has 6 aromatic heterocycles.